The number of nitrogens with one attached hydrogen (secondary N) is 2. The lowest BCUT2D eigenvalue weighted by atomic mass is 10.1. The Balaban J connectivity index is 1.59. The van der Waals surface area contributed by atoms with Crippen LogP contribution in [0.25, 0.3) is 0 Å². The van der Waals surface area contributed by atoms with Gasteiger partial charge >= 0.3 is 0 Å². The number of thiocarbonyl (C=S) groups is 1. The second-order valence-corrected chi connectivity index (χ2v) is 6.35. The molecule has 2 N–H and O–H groups in total. The zero-order chi connectivity index (χ0) is 18.9. The molecule has 4 nitrogen and oxygen atoms in total. The minimum Gasteiger partial charge on any atom is -0.488 e. The van der Waals surface area contributed by atoms with Gasteiger partial charge in [-0.2, -0.15) is 5.10 Å². The molecule has 0 heterocycles. The van der Waals surface area contributed by atoms with Crippen LogP contribution >= 0.6 is 12.2 Å². The van der Waals surface area contributed by atoms with Gasteiger partial charge in [0, 0.05) is 11.3 Å². The van der Waals surface area contributed by atoms with Gasteiger partial charge < -0.3 is 10.1 Å². The molecule has 0 atom stereocenters. The Morgan fingerprint density at radius 1 is 0.963 bits per heavy atom. The van der Waals surface area contributed by atoms with Gasteiger partial charge in [-0.3, -0.25) is 5.43 Å². The lowest BCUT2D eigenvalue weighted by Crippen LogP contribution is -2.23. The number of hydrazone groups is 1. The molecule has 0 bridgehead atoms. The molecule has 3 rings (SSSR count). The monoisotopic (exact) mass is 375 g/mol. The number of hydrogen-bond donors (Lipinski definition) is 2. The van der Waals surface area contributed by atoms with Crippen LogP contribution in [0.1, 0.15) is 16.7 Å². The molecule has 0 spiro atoms. The van der Waals surface area contributed by atoms with E-state index in [4.69, 9.17) is 17.0 Å². The van der Waals surface area contributed by atoms with Crippen LogP contribution in [-0.4, -0.2) is 11.3 Å². The maximum absolute atomic E-state index is 5.99. The second kappa shape index (κ2) is 9.50. The first-order chi connectivity index (χ1) is 13.2. The van der Waals surface area contributed by atoms with Gasteiger partial charge in [0.25, 0.3) is 0 Å². The summed E-state index contributed by atoms with van der Waals surface area (Å²) in [4.78, 5) is 0. The topological polar surface area (TPSA) is 45.6 Å². The Kier molecular flexibility index (Phi) is 6.55. The molecule has 0 saturated heterocycles. The summed E-state index contributed by atoms with van der Waals surface area (Å²) in [5, 5.41) is 7.71. The van der Waals surface area contributed by atoms with Crippen molar-refractivity contribution in [2.75, 3.05) is 5.32 Å². The highest BCUT2D eigenvalue weighted by Crippen LogP contribution is 2.18. The first-order valence-electron chi connectivity index (χ1n) is 8.64. The number of nitrogens with zero attached hydrogens (tertiary/aromatic N) is 1. The zero-order valence-corrected chi connectivity index (χ0v) is 15.9. The van der Waals surface area contributed by atoms with Crippen LogP contribution in [0.4, 0.5) is 5.69 Å². The van der Waals surface area contributed by atoms with Gasteiger partial charge in [0.2, 0.25) is 0 Å². The SMILES string of the molecule is Cc1ccccc1COc1ccccc1C=NNC(=S)Nc1ccccc1. The minimum atomic E-state index is 0.427. The standard InChI is InChI=1S/C22H21N3OS/c1-17-9-5-6-11-19(17)16-26-21-14-8-7-10-18(21)15-23-25-22(27)24-20-12-3-2-4-13-20/h2-15H,16H2,1H3,(H2,24,25,27). The predicted octanol–water partition coefficient (Wildman–Crippen LogP) is 4.89. The fraction of sp³-hybridized carbons (Fsp3) is 0.0909. The van der Waals surface area contributed by atoms with Crippen LogP contribution in [0.3, 0.4) is 0 Å². The first kappa shape index (κ1) is 18.6. The fourth-order valence-electron chi connectivity index (χ4n) is 2.49. The lowest BCUT2D eigenvalue weighted by Gasteiger charge is -2.11. The van der Waals surface area contributed by atoms with Crippen LogP contribution in [0.5, 0.6) is 5.75 Å². The highest BCUT2D eigenvalue weighted by Gasteiger charge is 2.03. The molecule has 27 heavy (non-hydrogen) atoms. The van der Waals surface area contributed by atoms with Gasteiger partial charge in [0.15, 0.2) is 5.11 Å². The molecule has 0 aliphatic heterocycles. The maximum Gasteiger partial charge on any atom is 0.191 e. The molecule has 136 valence electrons. The average molecular weight is 375 g/mol. The minimum absolute atomic E-state index is 0.427. The summed E-state index contributed by atoms with van der Waals surface area (Å²) in [6.07, 6.45) is 1.70. The van der Waals surface area contributed by atoms with Crippen LogP contribution < -0.4 is 15.5 Å². The van der Waals surface area contributed by atoms with Gasteiger partial charge in [-0.15, -0.1) is 0 Å². The fourth-order valence-corrected chi connectivity index (χ4v) is 2.66. The normalized spacial score (nSPS) is 10.6. The van der Waals surface area contributed by atoms with Crippen LogP contribution in [0, 0.1) is 6.92 Å². The van der Waals surface area contributed by atoms with E-state index in [9.17, 15) is 0 Å². The second-order valence-electron chi connectivity index (χ2n) is 5.94. The zero-order valence-electron chi connectivity index (χ0n) is 15.1. The van der Waals surface area contributed by atoms with E-state index in [1.165, 1.54) is 5.56 Å². The molecular weight excluding hydrogens is 354 g/mol. The van der Waals surface area contributed by atoms with E-state index < -0.39 is 0 Å². The third-order valence-electron chi connectivity index (χ3n) is 3.96. The molecule has 3 aromatic carbocycles. The summed E-state index contributed by atoms with van der Waals surface area (Å²) in [5.74, 6) is 0.772. The molecule has 5 heteroatoms. The van der Waals surface area contributed by atoms with Gasteiger partial charge in [-0.25, -0.2) is 0 Å². The number of hydrogen-bond acceptors (Lipinski definition) is 3. The molecule has 0 aromatic heterocycles. The largest absolute Gasteiger partial charge is 0.488 e. The maximum atomic E-state index is 5.99. The van der Waals surface area contributed by atoms with Crippen LogP contribution in [0.15, 0.2) is 84.0 Å². The quantitative estimate of drug-likeness (QED) is 0.366. The molecule has 3 aromatic rings. The number of anilines is 1. The highest BCUT2D eigenvalue weighted by atomic mass is 32.1. The van der Waals surface area contributed by atoms with Gasteiger partial charge in [-0.1, -0.05) is 54.6 Å². The Labute approximate surface area is 164 Å². The van der Waals surface area contributed by atoms with Crippen molar-refractivity contribution in [3.63, 3.8) is 0 Å². The predicted molar refractivity (Wildman–Crippen MR) is 115 cm³/mol. The molecule has 0 amide bonds. The lowest BCUT2D eigenvalue weighted by molar-refractivity contribution is 0.305. The highest BCUT2D eigenvalue weighted by molar-refractivity contribution is 7.80. The van der Waals surface area contributed by atoms with Gasteiger partial charge in [-0.05, 0) is 54.5 Å². The molecule has 0 saturated carbocycles. The summed E-state index contributed by atoms with van der Waals surface area (Å²) in [7, 11) is 0. The summed E-state index contributed by atoms with van der Waals surface area (Å²) in [6.45, 7) is 2.59. The first-order valence-corrected chi connectivity index (χ1v) is 9.04. The number of benzene rings is 3. The Hall–Kier alpha value is -3.18. The van der Waals surface area contributed by atoms with Crippen molar-refractivity contribution in [3.05, 3.63) is 95.6 Å². The molecular formula is C22H21N3OS. The number of para-hydroxylation sites is 2. The van der Waals surface area contributed by atoms with E-state index in [1.54, 1.807) is 6.21 Å². The van der Waals surface area contributed by atoms with Crippen molar-refractivity contribution in [2.24, 2.45) is 5.10 Å². The molecule has 0 fully saturated rings. The van der Waals surface area contributed by atoms with E-state index >= 15 is 0 Å². The van der Waals surface area contributed by atoms with Crippen molar-refractivity contribution in [1.82, 2.24) is 5.43 Å². The van der Waals surface area contributed by atoms with Crippen molar-refractivity contribution in [2.45, 2.75) is 13.5 Å². The number of aryl methyl sites for hydroxylation is 1. The summed E-state index contributed by atoms with van der Waals surface area (Å²) < 4.78 is 5.99. The Morgan fingerprint density at radius 2 is 1.67 bits per heavy atom. The van der Waals surface area contributed by atoms with E-state index in [1.807, 2.05) is 66.7 Å². The summed E-state index contributed by atoms with van der Waals surface area (Å²) in [5.41, 5.74) is 6.98. The van der Waals surface area contributed by atoms with Crippen molar-refractivity contribution < 1.29 is 4.74 Å². The van der Waals surface area contributed by atoms with Gasteiger partial charge in [0.05, 0.1) is 6.21 Å². The van der Waals surface area contributed by atoms with Crippen molar-refractivity contribution >= 4 is 29.2 Å². The van der Waals surface area contributed by atoms with Crippen LogP contribution in [0.2, 0.25) is 0 Å². The molecule has 0 aliphatic carbocycles. The number of rotatable bonds is 6. The van der Waals surface area contributed by atoms with E-state index in [-0.39, 0.29) is 0 Å². The Morgan fingerprint density at radius 3 is 2.48 bits per heavy atom. The molecule has 0 unspecified atom stereocenters. The van der Waals surface area contributed by atoms with Crippen molar-refractivity contribution in [1.29, 1.82) is 0 Å². The number of ether oxygens (including phenoxy) is 1. The third-order valence-corrected chi connectivity index (χ3v) is 4.16. The van der Waals surface area contributed by atoms with E-state index in [0.717, 1.165) is 22.6 Å². The average Bonchev–Trinajstić information content (AvgIpc) is 2.69. The molecule has 0 aliphatic rings. The van der Waals surface area contributed by atoms with E-state index in [0.29, 0.717) is 11.7 Å². The molecule has 0 radical (unpaired) electrons. The smallest absolute Gasteiger partial charge is 0.191 e. The van der Waals surface area contributed by atoms with Gasteiger partial charge in [0.1, 0.15) is 12.4 Å². The van der Waals surface area contributed by atoms with Crippen molar-refractivity contribution in [3.8, 4) is 5.75 Å². The van der Waals surface area contributed by atoms with Crippen LogP contribution in [-0.2, 0) is 6.61 Å². The van der Waals surface area contributed by atoms with E-state index in [2.05, 4.69) is 34.9 Å². The third kappa shape index (κ3) is 5.66. The summed E-state index contributed by atoms with van der Waals surface area (Å²) >= 11 is 5.25. The Bertz CT molecular complexity index is 926. The summed E-state index contributed by atoms with van der Waals surface area (Å²) in [6, 6.07) is 25.7.